The summed E-state index contributed by atoms with van der Waals surface area (Å²) < 4.78 is 0. The standard InChI is InChI=1S/C14H15NOS/c1-9-4-6-12(7-5-9)15-14(16)13-8-17-11(3)10(13)2/h4-8H,1-3H3,(H,15,16). The molecule has 3 heteroatoms. The molecule has 1 amide bonds. The summed E-state index contributed by atoms with van der Waals surface area (Å²) in [6.07, 6.45) is 0. The van der Waals surface area contributed by atoms with Crippen molar-refractivity contribution in [1.29, 1.82) is 0 Å². The predicted octanol–water partition coefficient (Wildman–Crippen LogP) is 3.93. The molecule has 2 nitrogen and oxygen atoms in total. The van der Waals surface area contributed by atoms with Crippen LogP contribution in [0.1, 0.15) is 26.4 Å². The minimum atomic E-state index is -0.0318. The largest absolute Gasteiger partial charge is 0.322 e. The van der Waals surface area contributed by atoms with E-state index in [1.807, 2.05) is 50.4 Å². The van der Waals surface area contributed by atoms with E-state index in [2.05, 4.69) is 5.32 Å². The molecule has 0 radical (unpaired) electrons. The third-order valence-electron chi connectivity index (χ3n) is 2.84. The van der Waals surface area contributed by atoms with Crippen LogP contribution in [0.25, 0.3) is 0 Å². The maximum atomic E-state index is 12.0. The van der Waals surface area contributed by atoms with Crippen molar-refractivity contribution in [1.82, 2.24) is 0 Å². The van der Waals surface area contributed by atoms with E-state index in [9.17, 15) is 4.79 Å². The molecule has 0 aliphatic carbocycles. The van der Waals surface area contributed by atoms with Crippen LogP contribution in [0.2, 0.25) is 0 Å². The van der Waals surface area contributed by atoms with E-state index >= 15 is 0 Å². The van der Waals surface area contributed by atoms with Crippen LogP contribution in [0, 0.1) is 20.8 Å². The van der Waals surface area contributed by atoms with Crippen molar-refractivity contribution in [2.75, 3.05) is 5.32 Å². The summed E-state index contributed by atoms with van der Waals surface area (Å²) in [5.41, 5.74) is 3.86. The van der Waals surface area contributed by atoms with Crippen LogP contribution >= 0.6 is 11.3 Å². The van der Waals surface area contributed by atoms with Crippen LogP contribution in [0.5, 0.6) is 0 Å². The van der Waals surface area contributed by atoms with Gasteiger partial charge in [0.1, 0.15) is 0 Å². The molecular formula is C14H15NOS. The van der Waals surface area contributed by atoms with Crippen LogP contribution in [-0.4, -0.2) is 5.91 Å². The van der Waals surface area contributed by atoms with Crippen LogP contribution in [0.3, 0.4) is 0 Å². The number of benzene rings is 1. The highest BCUT2D eigenvalue weighted by Crippen LogP contribution is 2.21. The fourth-order valence-corrected chi connectivity index (χ4v) is 2.44. The lowest BCUT2D eigenvalue weighted by atomic mass is 10.1. The van der Waals surface area contributed by atoms with E-state index in [1.165, 1.54) is 10.4 Å². The normalized spacial score (nSPS) is 10.3. The molecule has 2 rings (SSSR count). The first kappa shape index (κ1) is 11.9. The van der Waals surface area contributed by atoms with Gasteiger partial charge in [0.15, 0.2) is 0 Å². The zero-order valence-electron chi connectivity index (χ0n) is 10.2. The van der Waals surface area contributed by atoms with Crippen molar-refractivity contribution < 1.29 is 4.79 Å². The fraction of sp³-hybridized carbons (Fsp3) is 0.214. The average molecular weight is 245 g/mol. The zero-order chi connectivity index (χ0) is 12.4. The first-order chi connectivity index (χ1) is 8.08. The molecule has 0 unspecified atom stereocenters. The first-order valence-electron chi connectivity index (χ1n) is 5.50. The molecule has 0 fully saturated rings. The second-order valence-corrected chi connectivity index (χ2v) is 5.23. The molecule has 0 saturated carbocycles. The van der Waals surface area contributed by atoms with E-state index in [1.54, 1.807) is 11.3 Å². The van der Waals surface area contributed by atoms with Crippen molar-refractivity contribution >= 4 is 22.9 Å². The Kier molecular flexibility index (Phi) is 3.29. The Bertz CT molecular complexity index is 540. The number of thiophene rings is 1. The summed E-state index contributed by atoms with van der Waals surface area (Å²) in [5, 5.41) is 4.82. The highest BCUT2D eigenvalue weighted by atomic mass is 32.1. The Morgan fingerprint density at radius 3 is 2.29 bits per heavy atom. The van der Waals surface area contributed by atoms with E-state index in [0.29, 0.717) is 0 Å². The van der Waals surface area contributed by atoms with Crippen molar-refractivity contribution in [3.05, 3.63) is 51.2 Å². The van der Waals surface area contributed by atoms with Gasteiger partial charge in [-0.25, -0.2) is 0 Å². The molecule has 0 aliphatic rings. The summed E-state index contributed by atoms with van der Waals surface area (Å²) >= 11 is 1.61. The summed E-state index contributed by atoms with van der Waals surface area (Å²) in [6, 6.07) is 7.81. The SMILES string of the molecule is Cc1ccc(NC(=O)c2csc(C)c2C)cc1. The van der Waals surface area contributed by atoms with Gasteiger partial charge in [0.2, 0.25) is 0 Å². The van der Waals surface area contributed by atoms with E-state index in [-0.39, 0.29) is 5.91 Å². The topological polar surface area (TPSA) is 29.1 Å². The number of hydrogen-bond donors (Lipinski definition) is 1. The summed E-state index contributed by atoms with van der Waals surface area (Å²) in [6.45, 7) is 6.04. The molecule has 1 N–H and O–H groups in total. The van der Waals surface area contributed by atoms with E-state index < -0.39 is 0 Å². The molecule has 1 aromatic heterocycles. The van der Waals surface area contributed by atoms with Gasteiger partial charge in [-0.15, -0.1) is 11.3 Å². The molecular weight excluding hydrogens is 230 g/mol. The summed E-state index contributed by atoms with van der Waals surface area (Å²) in [7, 11) is 0. The second kappa shape index (κ2) is 4.72. The van der Waals surface area contributed by atoms with Gasteiger partial charge in [-0.3, -0.25) is 4.79 Å². The van der Waals surface area contributed by atoms with Gasteiger partial charge in [-0.05, 0) is 38.5 Å². The molecule has 0 bridgehead atoms. The average Bonchev–Trinajstić information content (AvgIpc) is 2.63. The third-order valence-corrected chi connectivity index (χ3v) is 3.85. The predicted molar refractivity (Wildman–Crippen MR) is 72.9 cm³/mol. The molecule has 2 aromatic rings. The van der Waals surface area contributed by atoms with Gasteiger partial charge >= 0.3 is 0 Å². The van der Waals surface area contributed by atoms with Crippen molar-refractivity contribution in [2.24, 2.45) is 0 Å². The van der Waals surface area contributed by atoms with Crippen molar-refractivity contribution in [2.45, 2.75) is 20.8 Å². The lowest BCUT2D eigenvalue weighted by Gasteiger charge is -2.05. The Morgan fingerprint density at radius 2 is 1.76 bits per heavy atom. The smallest absolute Gasteiger partial charge is 0.256 e. The van der Waals surface area contributed by atoms with Gasteiger partial charge in [0.05, 0.1) is 5.56 Å². The maximum absolute atomic E-state index is 12.0. The van der Waals surface area contributed by atoms with Gasteiger partial charge < -0.3 is 5.32 Å². The van der Waals surface area contributed by atoms with Crippen LogP contribution < -0.4 is 5.32 Å². The summed E-state index contributed by atoms with van der Waals surface area (Å²) in [5.74, 6) is -0.0318. The van der Waals surface area contributed by atoms with E-state index in [0.717, 1.165) is 16.8 Å². The number of anilines is 1. The molecule has 1 heterocycles. The van der Waals surface area contributed by atoms with Gasteiger partial charge in [-0.2, -0.15) is 0 Å². The van der Waals surface area contributed by atoms with Crippen LogP contribution in [0.15, 0.2) is 29.6 Å². The number of carbonyl (C=O) groups excluding carboxylic acids is 1. The number of amides is 1. The lowest BCUT2D eigenvalue weighted by molar-refractivity contribution is 0.102. The third kappa shape index (κ3) is 2.56. The van der Waals surface area contributed by atoms with Crippen LogP contribution in [0.4, 0.5) is 5.69 Å². The molecule has 0 spiro atoms. The first-order valence-corrected chi connectivity index (χ1v) is 6.38. The zero-order valence-corrected chi connectivity index (χ0v) is 11.0. The maximum Gasteiger partial charge on any atom is 0.256 e. The van der Waals surface area contributed by atoms with Crippen molar-refractivity contribution in [3.63, 3.8) is 0 Å². The lowest BCUT2D eigenvalue weighted by Crippen LogP contribution is -2.12. The van der Waals surface area contributed by atoms with E-state index in [4.69, 9.17) is 0 Å². The minimum absolute atomic E-state index is 0.0318. The van der Waals surface area contributed by atoms with Gasteiger partial charge in [0.25, 0.3) is 5.91 Å². The number of nitrogens with one attached hydrogen (secondary N) is 1. The Hall–Kier alpha value is -1.61. The monoisotopic (exact) mass is 245 g/mol. The van der Waals surface area contributed by atoms with Crippen molar-refractivity contribution in [3.8, 4) is 0 Å². The Balaban J connectivity index is 2.17. The molecule has 0 atom stereocenters. The van der Waals surface area contributed by atoms with Gasteiger partial charge in [-0.1, -0.05) is 17.7 Å². The molecule has 0 aliphatic heterocycles. The highest BCUT2D eigenvalue weighted by molar-refractivity contribution is 7.10. The summed E-state index contributed by atoms with van der Waals surface area (Å²) in [4.78, 5) is 13.2. The second-order valence-electron chi connectivity index (χ2n) is 4.15. The quantitative estimate of drug-likeness (QED) is 0.853. The number of carbonyl (C=O) groups is 1. The molecule has 1 aromatic carbocycles. The number of rotatable bonds is 2. The minimum Gasteiger partial charge on any atom is -0.322 e. The number of hydrogen-bond acceptors (Lipinski definition) is 2. The van der Waals surface area contributed by atoms with Gasteiger partial charge in [0, 0.05) is 15.9 Å². The molecule has 0 saturated heterocycles. The Labute approximate surface area is 105 Å². The highest BCUT2D eigenvalue weighted by Gasteiger charge is 2.12. The fourth-order valence-electron chi connectivity index (χ4n) is 1.57. The van der Waals surface area contributed by atoms with Crippen LogP contribution in [-0.2, 0) is 0 Å². The Morgan fingerprint density at radius 1 is 1.12 bits per heavy atom. The molecule has 88 valence electrons. The number of aryl methyl sites for hydroxylation is 2. The molecule has 17 heavy (non-hydrogen) atoms.